The van der Waals surface area contributed by atoms with Gasteiger partial charge in [-0.05, 0) is 36.2 Å². The van der Waals surface area contributed by atoms with Crippen molar-refractivity contribution in [2.45, 2.75) is 6.42 Å². The van der Waals surface area contributed by atoms with Gasteiger partial charge in [0.2, 0.25) is 0 Å². The lowest BCUT2D eigenvalue weighted by atomic mass is 10.2. The minimum atomic E-state index is -0.212. The SMILES string of the molecule is Nc1ccnc(C(=O)NCCc2ccncc2)c1. The number of nitrogens with one attached hydrogen (secondary N) is 1. The lowest BCUT2D eigenvalue weighted by Crippen LogP contribution is -2.26. The molecule has 0 saturated heterocycles. The topological polar surface area (TPSA) is 80.9 Å². The molecule has 0 aliphatic rings. The Balaban J connectivity index is 1.86. The summed E-state index contributed by atoms with van der Waals surface area (Å²) >= 11 is 0. The molecule has 0 fully saturated rings. The number of aromatic nitrogens is 2. The van der Waals surface area contributed by atoms with Gasteiger partial charge in [-0.3, -0.25) is 14.8 Å². The summed E-state index contributed by atoms with van der Waals surface area (Å²) in [5.41, 5.74) is 7.59. The standard InChI is InChI=1S/C13H14N4O/c14-11-4-8-16-12(9-11)13(18)17-7-3-10-1-5-15-6-2-10/h1-2,4-6,8-9H,3,7H2,(H2,14,16)(H,17,18). The first kappa shape index (κ1) is 12.0. The largest absolute Gasteiger partial charge is 0.399 e. The molecular formula is C13H14N4O. The Morgan fingerprint density at radius 3 is 2.72 bits per heavy atom. The quantitative estimate of drug-likeness (QED) is 0.839. The maximum Gasteiger partial charge on any atom is 0.269 e. The van der Waals surface area contributed by atoms with Crippen molar-refractivity contribution in [2.75, 3.05) is 12.3 Å². The lowest BCUT2D eigenvalue weighted by molar-refractivity contribution is 0.0949. The van der Waals surface area contributed by atoms with E-state index in [1.54, 1.807) is 24.5 Å². The smallest absolute Gasteiger partial charge is 0.269 e. The lowest BCUT2D eigenvalue weighted by Gasteiger charge is -2.05. The number of carbonyl (C=O) groups excluding carboxylic acids is 1. The molecule has 0 aromatic carbocycles. The Bertz CT molecular complexity index is 528. The van der Waals surface area contributed by atoms with E-state index in [9.17, 15) is 4.79 Å². The fourth-order valence-electron chi connectivity index (χ4n) is 1.53. The molecule has 2 heterocycles. The molecule has 0 bridgehead atoms. The molecule has 3 N–H and O–H groups in total. The highest BCUT2D eigenvalue weighted by atomic mass is 16.1. The second kappa shape index (κ2) is 5.77. The van der Waals surface area contributed by atoms with Crippen molar-refractivity contribution < 1.29 is 4.79 Å². The molecule has 92 valence electrons. The molecule has 0 aliphatic carbocycles. The Kier molecular flexibility index (Phi) is 3.86. The van der Waals surface area contributed by atoms with Crippen molar-refractivity contribution in [3.63, 3.8) is 0 Å². The molecule has 0 spiro atoms. The number of nitrogen functional groups attached to an aromatic ring is 1. The van der Waals surface area contributed by atoms with Gasteiger partial charge in [0.25, 0.3) is 5.91 Å². The van der Waals surface area contributed by atoms with Crippen LogP contribution in [-0.2, 0) is 6.42 Å². The van der Waals surface area contributed by atoms with Gasteiger partial charge in [0.15, 0.2) is 0 Å². The average Bonchev–Trinajstić information content (AvgIpc) is 2.40. The number of hydrogen-bond acceptors (Lipinski definition) is 4. The molecule has 0 saturated carbocycles. The predicted molar refractivity (Wildman–Crippen MR) is 68.9 cm³/mol. The van der Waals surface area contributed by atoms with Crippen LogP contribution in [-0.4, -0.2) is 22.4 Å². The first-order valence-corrected chi connectivity index (χ1v) is 5.64. The number of anilines is 1. The van der Waals surface area contributed by atoms with E-state index in [-0.39, 0.29) is 5.91 Å². The second-order valence-corrected chi connectivity index (χ2v) is 3.84. The molecule has 0 radical (unpaired) electrons. The Morgan fingerprint density at radius 1 is 1.22 bits per heavy atom. The summed E-state index contributed by atoms with van der Waals surface area (Å²) in [6, 6.07) is 7.05. The molecule has 2 rings (SSSR count). The van der Waals surface area contributed by atoms with Crippen LogP contribution >= 0.6 is 0 Å². The minimum absolute atomic E-state index is 0.212. The molecule has 2 aromatic heterocycles. The van der Waals surface area contributed by atoms with Crippen LogP contribution in [0.5, 0.6) is 0 Å². The molecule has 5 nitrogen and oxygen atoms in total. The van der Waals surface area contributed by atoms with E-state index in [4.69, 9.17) is 5.73 Å². The number of carbonyl (C=O) groups is 1. The highest BCUT2D eigenvalue weighted by Crippen LogP contribution is 2.02. The summed E-state index contributed by atoms with van der Waals surface area (Å²) < 4.78 is 0. The van der Waals surface area contributed by atoms with Crippen molar-refractivity contribution in [3.05, 3.63) is 54.1 Å². The Labute approximate surface area is 105 Å². The first-order chi connectivity index (χ1) is 8.75. The van der Waals surface area contributed by atoms with Crippen LogP contribution in [0, 0.1) is 0 Å². The predicted octanol–water partition coefficient (Wildman–Crippen LogP) is 1.03. The zero-order valence-corrected chi connectivity index (χ0v) is 9.84. The molecule has 0 unspecified atom stereocenters. The highest BCUT2D eigenvalue weighted by molar-refractivity contribution is 5.92. The number of pyridine rings is 2. The van der Waals surface area contributed by atoms with Crippen LogP contribution in [0.2, 0.25) is 0 Å². The van der Waals surface area contributed by atoms with Crippen LogP contribution in [0.25, 0.3) is 0 Å². The highest BCUT2D eigenvalue weighted by Gasteiger charge is 2.06. The monoisotopic (exact) mass is 242 g/mol. The van der Waals surface area contributed by atoms with E-state index in [1.165, 1.54) is 6.20 Å². The van der Waals surface area contributed by atoms with Gasteiger partial charge in [0.05, 0.1) is 0 Å². The van der Waals surface area contributed by atoms with Crippen LogP contribution in [0.15, 0.2) is 42.9 Å². The van der Waals surface area contributed by atoms with Gasteiger partial charge >= 0.3 is 0 Å². The average molecular weight is 242 g/mol. The van der Waals surface area contributed by atoms with E-state index in [0.29, 0.717) is 17.9 Å². The summed E-state index contributed by atoms with van der Waals surface area (Å²) in [6.45, 7) is 0.555. The summed E-state index contributed by atoms with van der Waals surface area (Å²) in [6.07, 6.45) is 5.75. The Hall–Kier alpha value is -2.43. The maximum absolute atomic E-state index is 11.7. The van der Waals surface area contributed by atoms with Crippen molar-refractivity contribution in [1.82, 2.24) is 15.3 Å². The summed E-state index contributed by atoms with van der Waals surface area (Å²) in [4.78, 5) is 19.6. The third-order valence-corrected chi connectivity index (χ3v) is 2.47. The zero-order chi connectivity index (χ0) is 12.8. The van der Waals surface area contributed by atoms with Crippen molar-refractivity contribution in [2.24, 2.45) is 0 Å². The minimum Gasteiger partial charge on any atom is -0.399 e. The van der Waals surface area contributed by atoms with Gasteiger partial charge in [-0.2, -0.15) is 0 Å². The van der Waals surface area contributed by atoms with E-state index in [1.807, 2.05) is 12.1 Å². The fraction of sp³-hybridized carbons (Fsp3) is 0.154. The van der Waals surface area contributed by atoms with Gasteiger partial charge in [-0.25, -0.2) is 0 Å². The molecule has 5 heteroatoms. The second-order valence-electron chi connectivity index (χ2n) is 3.84. The maximum atomic E-state index is 11.7. The number of nitrogens with zero attached hydrogens (tertiary/aromatic N) is 2. The molecular weight excluding hydrogens is 228 g/mol. The zero-order valence-electron chi connectivity index (χ0n) is 9.84. The number of nitrogens with two attached hydrogens (primary N) is 1. The van der Waals surface area contributed by atoms with Gasteiger partial charge < -0.3 is 11.1 Å². The molecule has 0 aliphatic heterocycles. The van der Waals surface area contributed by atoms with E-state index in [2.05, 4.69) is 15.3 Å². The Morgan fingerprint density at radius 2 is 2.00 bits per heavy atom. The van der Waals surface area contributed by atoms with Gasteiger partial charge in [-0.15, -0.1) is 0 Å². The number of amides is 1. The van der Waals surface area contributed by atoms with E-state index < -0.39 is 0 Å². The van der Waals surface area contributed by atoms with E-state index in [0.717, 1.165) is 12.0 Å². The van der Waals surface area contributed by atoms with Gasteiger partial charge in [-0.1, -0.05) is 0 Å². The molecule has 18 heavy (non-hydrogen) atoms. The van der Waals surface area contributed by atoms with E-state index >= 15 is 0 Å². The van der Waals surface area contributed by atoms with Gasteiger partial charge in [0, 0.05) is 30.8 Å². The molecule has 1 amide bonds. The third-order valence-electron chi connectivity index (χ3n) is 2.47. The number of rotatable bonds is 4. The first-order valence-electron chi connectivity index (χ1n) is 5.64. The fourth-order valence-corrected chi connectivity index (χ4v) is 1.53. The summed E-state index contributed by atoms with van der Waals surface area (Å²) in [5.74, 6) is -0.212. The molecule has 2 aromatic rings. The van der Waals surface area contributed by atoms with Crippen LogP contribution in [0.3, 0.4) is 0 Å². The van der Waals surface area contributed by atoms with Crippen LogP contribution in [0.1, 0.15) is 16.1 Å². The normalized spacial score (nSPS) is 10.0. The third kappa shape index (κ3) is 3.28. The molecule has 0 atom stereocenters. The van der Waals surface area contributed by atoms with Crippen molar-refractivity contribution >= 4 is 11.6 Å². The number of hydrogen-bond donors (Lipinski definition) is 2. The van der Waals surface area contributed by atoms with Crippen LogP contribution < -0.4 is 11.1 Å². The van der Waals surface area contributed by atoms with Gasteiger partial charge in [0.1, 0.15) is 5.69 Å². The summed E-state index contributed by atoms with van der Waals surface area (Å²) in [5, 5.41) is 2.80. The van der Waals surface area contributed by atoms with Crippen molar-refractivity contribution in [1.29, 1.82) is 0 Å². The summed E-state index contributed by atoms with van der Waals surface area (Å²) in [7, 11) is 0. The van der Waals surface area contributed by atoms with Crippen molar-refractivity contribution in [3.8, 4) is 0 Å². The van der Waals surface area contributed by atoms with Crippen LogP contribution in [0.4, 0.5) is 5.69 Å².